The summed E-state index contributed by atoms with van der Waals surface area (Å²) in [6.07, 6.45) is 0. The second kappa shape index (κ2) is 5.74. The summed E-state index contributed by atoms with van der Waals surface area (Å²) in [6, 6.07) is 0. The van der Waals surface area contributed by atoms with Gasteiger partial charge in [-0.1, -0.05) is 23.2 Å². The smallest absolute Gasteiger partial charge is 0.207 e. The average molecular weight is 211 g/mol. The van der Waals surface area contributed by atoms with Gasteiger partial charge in [-0.15, -0.1) is 11.6 Å². The van der Waals surface area contributed by atoms with Gasteiger partial charge < -0.3 is 0 Å². The highest BCUT2D eigenvalue weighted by Gasteiger charge is 2.08. The SMILES string of the molecule is O=S(OCCCl)C(Cl)Cl. The molecule has 0 saturated carbocycles. The lowest BCUT2D eigenvalue weighted by molar-refractivity contribution is 0.375. The van der Waals surface area contributed by atoms with E-state index in [1.165, 1.54) is 0 Å². The first kappa shape index (κ1) is 9.98. The molecule has 0 saturated heterocycles. The molecule has 1 unspecified atom stereocenters. The lowest BCUT2D eigenvalue weighted by atomic mass is 10.9. The van der Waals surface area contributed by atoms with Crippen molar-refractivity contribution in [3.8, 4) is 0 Å². The molecule has 0 heterocycles. The highest BCUT2D eigenvalue weighted by Crippen LogP contribution is 2.07. The Morgan fingerprint density at radius 1 is 1.56 bits per heavy atom. The molecule has 56 valence electrons. The molecule has 0 aromatic rings. The molecule has 1 atom stereocenters. The van der Waals surface area contributed by atoms with Crippen LogP contribution in [0.1, 0.15) is 0 Å². The maximum absolute atomic E-state index is 10.5. The van der Waals surface area contributed by atoms with Crippen LogP contribution in [0.4, 0.5) is 0 Å². The van der Waals surface area contributed by atoms with Crippen molar-refractivity contribution < 1.29 is 8.39 Å². The van der Waals surface area contributed by atoms with Crippen molar-refractivity contribution in [3.63, 3.8) is 0 Å². The van der Waals surface area contributed by atoms with Crippen molar-refractivity contribution in [1.29, 1.82) is 0 Å². The van der Waals surface area contributed by atoms with Gasteiger partial charge in [-0.3, -0.25) is 4.18 Å². The quantitative estimate of drug-likeness (QED) is 0.661. The number of alkyl halides is 3. The largest absolute Gasteiger partial charge is 0.287 e. The number of hydrogen-bond donors (Lipinski definition) is 0. The van der Waals surface area contributed by atoms with E-state index in [2.05, 4.69) is 4.18 Å². The average Bonchev–Trinajstić information content (AvgIpc) is 1.82. The zero-order valence-electron chi connectivity index (χ0n) is 4.35. The summed E-state index contributed by atoms with van der Waals surface area (Å²) < 4.78 is 14.0. The van der Waals surface area contributed by atoms with Crippen molar-refractivity contribution in [2.75, 3.05) is 12.5 Å². The van der Waals surface area contributed by atoms with Gasteiger partial charge >= 0.3 is 0 Å². The molecule has 0 aromatic heterocycles. The van der Waals surface area contributed by atoms with Gasteiger partial charge in [-0.25, -0.2) is 4.21 Å². The van der Waals surface area contributed by atoms with Crippen LogP contribution in [0, 0.1) is 0 Å². The van der Waals surface area contributed by atoms with Crippen molar-refractivity contribution in [3.05, 3.63) is 0 Å². The number of halogens is 3. The highest BCUT2D eigenvalue weighted by atomic mass is 35.5. The molecule has 0 aliphatic heterocycles. The second-order valence-electron chi connectivity index (χ2n) is 1.03. The summed E-state index contributed by atoms with van der Waals surface area (Å²) in [5.74, 6) is 0.284. The molecule has 0 N–H and O–H groups in total. The van der Waals surface area contributed by atoms with Crippen LogP contribution in [-0.2, 0) is 15.3 Å². The summed E-state index contributed by atoms with van der Waals surface area (Å²) in [5, 5.41) is 0. The van der Waals surface area contributed by atoms with Crippen LogP contribution < -0.4 is 0 Å². The summed E-state index contributed by atoms with van der Waals surface area (Å²) in [4.78, 5) is 0. The topological polar surface area (TPSA) is 26.3 Å². The first-order valence-corrected chi connectivity index (χ1v) is 4.61. The van der Waals surface area contributed by atoms with Gasteiger partial charge in [-0.2, -0.15) is 0 Å². The predicted molar refractivity (Wildman–Crippen MR) is 40.3 cm³/mol. The standard InChI is InChI=1S/C3H5Cl3O2S/c4-1-2-8-9(7)3(5)6/h3H,1-2H2. The Hall–Kier alpha value is 0.980. The maximum atomic E-state index is 10.5. The third-order valence-electron chi connectivity index (χ3n) is 0.422. The first-order valence-electron chi connectivity index (χ1n) is 2.06. The van der Waals surface area contributed by atoms with E-state index >= 15 is 0 Å². The second-order valence-corrected chi connectivity index (χ2v) is 4.25. The molecule has 0 radical (unpaired) electrons. The van der Waals surface area contributed by atoms with E-state index in [1.54, 1.807) is 0 Å². The van der Waals surface area contributed by atoms with Crippen LogP contribution in [0.3, 0.4) is 0 Å². The van der Waals surface area contributed by atoms with E-state index in [0.717, 1.165) is 0 Å². The van der Waals surface area contributed by atoms with Crippen LogP contribution in [0.15, 0.2) is 0 Å². The monoisotopic (exact) mass is 210 g/mol. The minimum Gasteiger partial charge on any atom is -0.287 e. The van der Waals surface area contributed by atoms with Crippen LogP contribution in [0.25, 0.3) is 0 Å². The van der Waals surface area contributed by atoms with Crippen LogP contribution in [0.5, 0.6) is 0 Å². The molecule has 0 fully saturated rings. The van der Waals surface area contributed by atoms with Gasteiger partial charge in [0.2, 0.25) is 4.17 Å². The van der Waals surface area contributed by atoms with Gasteiger partial charge in [0, 0.05) is 5.88 Å². The zero-order chi connectivity index (χ0) is 7.28. The Morgan fingerprint density at radius 2 is 2.11 bits per heavy atom. The van der Waals surface area contributed by atoms with Gasteiger partial charge in [0.25, 0.3) is 0 Å². The van der Waals surface area contributed by atoms with Crippen molar-refractivity contribution in [1.82, 2.24) is 0 Å². The van der Waals surface area contributed by atoms with Crippen LogP contribution in [0.2, 0.25) is 0 Å². The maximum Gasteiger partial charge on any atom is 0.207 e. The Labute approximate surface area is 71.1 Å². The van der Waals surface area contributed by atoms with E-state index in [9.17, 15) is 4.21 Å². The normalized spacial score (nSPS) is 14.2. The number of rotatable bonds is 4. The molecule has 0 amide bonds. The Kier molecular flexibility index (Phi) is 6.37. The third kappa shape index (κ3) is 5.43. The van der Waals surface area contributed by atoms with Crippen LogP contribution in [-0.4, -0.2) is 20.9 Å². The number of hydrogen-bond acceptors (Lipinski definition) is 2. The van der Waals surface area contributed by atoms with Crippen molar-refractivity contribution in [2.24, 2.45) is 0 Å². The lowest BCUT2D eigenvalue weighted by Crippen LogP contribution is -2.06. The predicted octanol–water partition coefficient (Wildman–Crippen LogP) is 1.67. The summed E-state index contributed by atoms with van der Waals surface area (Å²) in [5.41, 5.74) is 0. The zero-order valence-corrected chi connectivity index (χ0v) is 7.43. The van der Waals surface area contributed by atoms with Gasteiger partial charge in [0.05, 0.1) is 6.61 Å². The molecule has 0 rings (SSSR count). The Bertz CT molecular complexity index is 97.1. The summed E-state index contributed by atoms with van der Waals surface area (Å²) in [6.45, 7) is 0.199. The van der Waals surface area contributed by atoms with Crippen LogP contribution >= 0.6 is 34.8 Å². The summed E-state index contributed by atoms with van der Waals surface area (Å²) in [7, 11) is 0. The minimum absolute atomic E-state index is 0.199. The van der Waals surface area contributed by atoms with Gasteiger partial charge in [0.15, 0.2) is 11.1 Å². The molecule has 0 aliphatic carbocycles. The molecule has 0 bridgehead atoms. The van der Waals surface area contributed by atoms with E-state index < -0.39 is 15.2 Å². The molecule has 6 heteroatoms. The van der Waals surface area contributed by atoms with Gasteiger partial charge in [0.1, 0.15) is 0 Å². The molecule has 0 spiro atoms. The molecule has 2 nitrogen and oxygen atoms in total. The summed E-state index contributed by atoms with van der Waals surface area (Å²) >= 11 is 13.9. The van der Waals surface area contributed by atoms with E-state index in [-0.39, 0.29) is 12.5 Å². The molecule has 0 aromatic carbocycles. The van der Waals surface area contributed by atoms with Crippen molar-refractivity contribution in [2.45, 2.75) is 4.17 Å². The van der Waals surface area contributed by atoms with E-state index in [4.69, 9.17) is 34.8 Å². The fourth-order valence-electron chi connectivity index (χ4n) is 0.165. The minimum atomic E-state index is -1.63. The fourth-order valence-corrected chi connectivity index (χ4v) is 0.993. The van der Waals surface area contributed by atoms with E-state index in [0.29, 0.717) is 0 Å². The van der Waals surface area contributed by atoms with E-state index in [1.807, 2.05) is 0 Å². The van der Waals surface area contributed by atoms with Gasteiger partial charge in [-0.05, 0) is 0 Å². The van der Waals surface area contributed by atoms with Crippen molar-refractivity contribution >= 4 is 45.9 Å². The molecule has 9 heavy (non-hydrogen) atoms. The Balaban J connectivity index is 3.28. The fraction of sp³-hybridized carbons (Fsp3) is 1.00. The molecule has 0 aliphatic rings. The first-order chi connectivity index (χ1) is 4.18. The molecular formula is C3H5Cl3O2S. The highest BCUT2D eigenvalue weighted by molar-refractivity contribution is 7.83. The molecular weight excluding hydrogens is 206 g/mol. The lowest BCUT2D eigenvalue weighted by Gasteiger charge is -1.99. The Morgan fingerprint density at radius 3 is 2.44 bits per heavy atom. The third-order valence-corrected chi connectivity index (χ3v) is 2.14.